The summed E-state index contributed by atoms with van der Waals surface area (Å²) in [5.41, 5.74) is 2.61. The average molecular weight is 294 g/mol. The van der Waals surface area contributed by atoms with Crippen molar-refractivity contribution in [1.29, 1.82) is 0 Å². The second-order valence-corrected chi connectivity index (χ2v) is 7.70. The molecule has 6 heteroatoms. The van der Waals surface area contributed by atoms with Crippen molar-refractivity contribution in [1.82, 2.24) is 4.72 Å². The van der Waals surface area contributed by atoms with Crippen molar-refractivity contribution in [3.8, 4) is 0 Å². The van der Waals surface area contributed by atoms with Crippen LogP contribution < -0.4 is 4.72 Å². The van der Waals surface area contributed by atoms with Crippen molar-refractivity contribution >= 4 is 22.4 Å². The minimum absolute atomic E-state index is 0.0555. The van der Waals surface area contributed by atoms with E-state index in [1.165, 1.54) is 6.07 Å². The van der Waals surface area contributed by atoms with E-state index < -0.39 is 15.9 Å². The Kier molecular flexibility index (Phi) is 3.94. The molecule has 0 heterocycles. The minimum Gasteiger partial charge on any atom is -0.304 e. The van der Waals surface area contributed by atoms with Crippen molar-refractivity contribution in [3.63, 3.8) is 0 Å². The Balaban J connectivity index is 2.34. The maximum absolute atomic E-state index is 12.2. The van der Waals surface area contributed by atoms with Crippen LogP contribution >= 0.6 is 0 Å². The quantitative estimate of drug-likeness (QED) is 0.688. The van der Waals surface area contributed by atoms with Gasteiger partial charge in [-0.05, 0) is 39.2 Å². The molecule has 0 spiro atoms. The Morgan fingerprint density at radius 3 is 2.65 bits per heavy atom. The number of nitrogens with zero attached hydrogens (tertiary/aromatic N) is 1. The van der Waals surface area contributed by atoms with Gasteiger partial charge in [0.2, 0.25) is 0 Å². The monoisotopic (exact) mass is 294 g/mol. The van der Waals surface area contributed by atoms with Crippen LogP contribution in [-0.2, 0) is 17.4 Å². The highest BCUT2D eigenvalue weighted by molar-refractivity contribution is 7.84. The molecule has 1 unspecified atom stereocenters. The largest absolute Gasteiger partial charge is 0.304 e. The summed E-state index contributed by atoms with van der Waals surface area (Å²) in [6, 6.07) is 4.85. The van der Waals surface area contributed by atoms with Gasteiger partial charge in [0.25, 0.3) is 5.69 Å². The van der Waals surface area contributed by atoms with Gasteiger partial charge in [-0.15, -0.1) is 0 Å². The summed E-state index contributed by atoms with van der Waals surface area (Å²) in [5.74, 6) is 0. The van der Waals surface area contributed by atoms with Crippen molar-refractivity contribution in [2.24, 2.45) is 0 Å². The van der Waals surface area contributed by atoms with Gasteiger partial charge in [-0.2, -0.15) is 0 Å². The molecule has 1 aromatic carbocycles. The lowest BCUT2D eigenvalue weighted by molar-refractivity contribution is -0.384. The van der Waals surface area contributed by atoms with Crippen LogP contribution in [0.1, 0.15) is 38.3 Å². The smallest absolute Gasteiger partial charge is 0.270 e. The Hall–Kier alpha value is -1.69. The van der Waals surface area contributed by atoms with Crippen molar-refractivity contribution in [2.75, 3.05) is 0 Å². The lowest BCUT2D eigenvalue weighted by atomic mass is 9.94. The van der Waals surface area contributed by atoms with Crippen LogP contribution in [-0.4, -0.2) is 13.9 Å². The SMILES string of the molecule is CC(C)(C)S(=O)NC1=CCCc2ccc([N+](=O)[O-])cc21. The number of hydrogen-bond acceptors (Lipinski definition) is 3. The molecule has 0 aliphatic heterocycles. The molecule has 1 N–H and O–H groups in total. The number of nitro benzene ring substituents is 1. The third-order valence-electron chi connectivity index (χ3n) is 3.12. The molecule has 108 valence electrons. The van der Waals surface area contributed by atoms with Crippen LogP contribution in [0.3, 0.4) is 0 Å². The molecule has 0 fully saturated rings. The fraction of sp³-hybridized carbons (Fsp3) is 0.429. The molecule has 20 heavy (non-hydrogen) atoms. The van der Waals surface area contributed by atoms with Crippen molar-refractivity contribution in [3.05, 3.63) is 45.5 Å². The van der Waals surface area contributed by atoms with Gasteiger partial charge in [-0.25, -0.2) is 4.21 Å². The second-order valence-electron chi connectivity index (χ2n) is 5.74. The molecule has 0 amide bonds. The molecule has 0 saturated heterocycles. The van der Waals surface area contributed by atoms with Crippen LogP contribution in [0.25, 0.3) is 5.70 Å². The molecule has 0 aromatic heterocycles. The number of non-ortho nitro benzene ring substituents is 1. The third-order valence-corrected chi connectivity index (χ3v) is 4.63. The number of rotatable bonds is 3. The zero-order chi connectivity index (χ0) is 14.9. The van der Waals surface area contributed by atoms with E-state index in [2.05, 4.69) is 4.72 Å². The molecule has 2 rings (SSSR count). The predicted octanol–water partition coefficient (Wildman–Crippen LogP) is 2.93. The number of fused-ring (bicyclic) bond motifs is 1. The first-order valence-corrected chi connectivity index (χ1v) is 7.60. The van der Waals surface area contributed by atoms with E-state index >= 15 is 0 Å². The van der Waals surface area contributed by atoms with Gasteiger partial charge in [-0.3, -0.25) is 10.1 Å². The van der Waals surface area contributed by atoms with Crippen LogP contribution in [0.2, 0.25) is 0 Å². The van der Waals surface area contributed by atoms with E-state index in [9.17, 15) is 14.3 Å². The normalized spacial score (nSPS) is 16.1. The number of nitrogens with one attached hydrogen (secondary N) is 1. The highest BCUT2D eigenvalue weighted by atomic mass is 32.2. The molecule has 1 aromatic rings. The van der Waals surface area contributed by atoms with Gasteiger partial charge in [0, 0.05) is 17.7 Å². The van der Waals surface area contributed by atoms with Gasteiger partial charge in [0.05, 0.1) is 15.4 Å². The van der Waals surface area contributed by atoms with Crippen molar-refractivity contribution < 1.29 is 9.13 Å². The van der Waals surface area contributed by atoms with Crippen LogP contribution in [0.15, 0.2) is 24.3 Å². The molecule has 1 aliphatic rings. The average Bonchev–Trinajstić information content (AvgIpc) is 2.37. The minimum atomic E-state index is -1.25. The summed E-state index contributed by atoms with van der Waals surface area (Å²) in [4.78, 5) is 10.5. The highest BCUT2D eigenvalue weighted by Gasteiger charge is 2.23. The maximum atomic E-state index is 12.2. The zero-order valence-electron chi connectivity index (χ0n) is 11.8. The van der Waals surface area contributed by atoms with Gasteiger partial charge < -0.3 is 4.72 Å². The van der Waals surface area contributed by atoms with E-state index in [0.717, 1.165) is 29.7 Å². The van der Waals surface area contributed by atoms with Gasteiger partial charge >= 0.3 is 0 Å². The molecule has 1 aliphatic carbocycles. The van der Waals surface area contributed by atoms with E-state index in [-0.39, 0.29) is 10.4 Å². The first-order chi connectivity index (χ1) is 9.29. The first-order valence-electron chi connectivity index (χ1n) is 6.45. The third kappa shape index (κ3) is 3.07. The lowest BCUT2D eigenvalue weighted by Gasteiger charge is -2.23. The summed E-state index contributed by atoms with van der Waals surface area (Å²) < 4.78 is 14.8. The second kappa shape index (κ2) is 5.36. The van der Waals surface area contributed by atoms with Crippen LogP contribution in [0, 0.1) is 10.1 Å². The number of aryl methyl sites for hydroxylation is 1. The van der Waals surface area contributed by atoms with Gasteiger partial charge in [0.1, 0.15) is 11.0 Å². The Morgan fingerprint density at radius 1 is 1.35 bits per heavy atom. The molecule has 0 bridgehead atoms. The molecule has 0 radical (unpaired) electrons. The van der Waals surface area contributed by atoms with E-state index in [1.54, 1.807) is 12.1 Å². The number of benzene rings is 1. The van der Waals surface area contributed by atoms with E-state index in [0.29, 0.717) is 0 Å². The van der Waals surface area contributed by atoms with E-state index in [1.807, 2.05) is 26.8 Å². The van der Waals surface area contributed by atoms with Crippen molar-refractivity contribution in [2.45, 2.75) is 38.4 Å². The number of nitro groups is 1. The molecule has 1 atom stereocenters. The topological polar surface area (TPSA) is 72.2 Å². The van der Waals surface area contributed by atoms with Gasteiger partial charge in [0.15, 0.2) is 0 Å². The Labute approximate surface area is 120 Å². The standard InChI is InChI=1S/C14H18N2O3S/c1-14(2,3)20(19)15-13-6-4-5-10-7-8-11(16(17)18)9-12(10)13/h6-9,15H,4-5H2,1-3H3. The summed E-state index contributed by atoms with van der Waals surface area (Å²) in [6.07, 6.45) is 3.64. The number of hydrogen-bond donors (Lipinski definition) is 1. The van der Waals surface area contributed by atoms with Gasteiger partial charge in [-0.1, -0.05) is 12.1 Å². The lowest BCUT2D eigenvalue weighted by Crippen LogP contribution is -2.33. The molecule has 0 saturated carbocycles. The summed E-state index contributed by atoms with van der Waals surface area (Å²) in [6.45, 7) is 5.65. The molecular formula is C14H18N2O3S. The maximum Gasteiger partial charge on any atom is 0.270 e. The number of allylic oxidation sites excluding steroid dienone is 1. The Bertz CT molecular complexity index is 603. The summed E-state index contributed by atoms with van der Waals surface area (Å²) in [7, 11) is -1.25. The first kappa shape index (κ1) is 14.7. The Morgan fingerprint density at radius 2 is 2.05 bits per heavy atom. The summed E-state index contributed by atoms with van der Waals surface area (Å²) >= 11 is 0. The molecule has 5 nitrogen and oxygen atoms in total. The zero-order valence-corrected chi connectivity index (χ0v) is 12.6. The predicted molar refractivity (Wildman–Crippen MR) is 80.4 cm³/mol. The molecular weight excluding hydrogens is 276 g/mol. The van der Waals surface area contributed by atoms with Crippen LogP contribution in [0.4, 0.5) is 5.69 Å². The fourth-order valence-corrected chi connectivity index (χ4v) is 2.68. The highest BCUT2D eigenvalue weighted by Crippen LogP contribution is 2.29. The van der Waals surface area contributed by atoms with Crippen LogP contribution in [0.5, 0.6) is 0 Å². The summed E-state index contributed by atoms with van der Waals surface area (Å²) in [5, 5.41) is 10.9. The fourth-order valence-electron chi connectivity index (χ4n) is 1.98. The van der Waals surface area contributed by atoms with E-state index in [4.69, 9.17) is 0 Å².